The number of nitrogens with zero attached hydrogens (tertiary/aromatic N) is 2. The summed E-state index contributed by atoms with van der Waals surface area (Å²) >= 11 is 0. The number of hydrogen-bond acceptors (Lipinski definition) is 3. The van der Waals surface area contributed by atoms with Crippen LogP contribution in [0.5, 0.6) is 5.75 Å². The van der Waals surface area contributed by atoms with Crippen LogP contribution in [0.3, 0.4) is 0 Å². The van der Waals surface area contributed by atoms with Gasteiger partial charge in [-0.15, -0.1) is 0 Å². The van der Waals surface area contributed by atoms with Crippen molar-refractivity contribution >= 4 is 5.91 Å². The van der Waals surface area contributed by atoms with Crippen LogP contribution in [0.15, 0.2) is 78.9 Å². The predicted octanol–water partition coefficient (Wildman–Crippen LogP) is 5.14. The molecule has 1 N–H and O–H groups in total. The van der Waals surface area contributed by atoms with Crippen LogP contribution in [-0.4, -0.2) is 28.1 Å². The van der Waals surface area contributed by atoms with Crippen molar-refractivity contribution in [2.45, 2.75) is 19.5 Å². The lowest BCUT2D eigenvalue weighted by Crippen LogP contribution is -2.29. The zero-order chi connectivity index (χ0) is 21.4. The van der Waals surface area contributed by atoms with Crippen LogP contribution in [0.25, 0.3) is 11.3 Å². The molecule has 0 saturated carbocycles. The van der Waals surface area contributed by atoms with Gasteiger partial charge in [-0.25, -0.2) is 0 Å². The Kier molecular flexibility index (Phi) is 4.79. The molecule has 0 bridgehead atoms. The third-order valence-electron chi connectivity index (χ3n) is 5.82. The second-order valence-corrected chi connectivity index (χ2v) is 7.82. The molecule has 1 aliphatic heterocycles. The summed E-state index contributed by atoms with van der Waals surface area (Å²) in [5.74, 6) is 0.749. The molecule has 0 saturated heterocycles. The molecule has 0 fully saturated rings. The first-order valence-corrected chi connectivity index (χ1v) is 10.3. The molecule has 1 aromatic heterocycles. The van der Waals surface area contributed by atoms with Crippen LogP contribution in [0, 0.1) is 6.92 Å². The number of aryl methyl sites for hydroxylation is 1. The smallest absolute Gasteiger partial charge is 0.273 e. The Bertz CT molecular complexity index is 1210. The van der Waals surface area contributed by atoms with Crippen molar-refractivity contribution in [2.24, 2.45) is 0 Å². The lowest BCUT2D eigenvalue weighted by Gasteiger charge is -2.26. The molecular formula is C26H23N3O2. The Morgan fingerprint density at radius 2 is 1.68 bits per heavy atom. The van der Waals surface area contributed by atoms with Crippen molar-refractivity contribution in [1.82, 2.24) is 15.1 Å². The highest BCUT2D eigenvalue weighted by Crippen LogP contribution is 2.43. The van der Waals surface area contributed by atoms with Gasteiger partial charge in [0.15, 0.2) is 0 Å². The maximum absolute atomic E-state index is 13.4. The first kappa shape index (κ1) is 19.1. The number of fused-ring (bicyclic) bond motifs is 1. The van der Waals surface area contributed by atoms with Crippen LogP contribution in [-0.2, 0) is 6.54 Å². The highest BCUT2D eigenvalue weighted by Gasteiger charge is 2.42. The zero-order valence-corrected chi connectivity index (χ0v) is 17.5. The summed E-state index contributed by atoms with van der Waals surface area (Å²) < 4.78 is 5.34. The highest BCUT2D eigenvalue weighted by molar-refractivity contribution is 6.00. The number of rotatable bonds is 5. The molecule has 5 rings (SSSR count). The van der Waals surface area contributed by atoms with E-state index >= 15 is 0 Å². The second kappa shape index (κ2) is 7.76. The van der Waals surface area contributed by atoms with Gasteiger partial charge in [-0.2, -0.15) is 5.10 Å². The predicted molar refractivity (Wildman–Crippen MR) is 120 cm³/mol. The number of amides is 1. The monoisotopic (exact) mass is 409 g/mol. The third-order valence-corrected chi connectivity index (χ3v) is 5.82. The lowest BCUT2D eigenvalue weighted by atomic mass is 9.95. The molecule has 154 valence electrons. The van der Waals surface area contributed by atoms with Gasteiger partial charge in [0.25, 0.3) is 5.91 Å². The Balaban J connectivity index is 1.63. The molecule has 1 unspecified atom stereocenters. The standard InChI is InChI=1S/C26H23N3O2/c1-17-8-10-19(11-9-17)23-22-24(28-27-23)26(30)29(16-18-6-4-3-5-7-18)25(22)20-12-14-21(31-2)15-13-20/h3-15,25H,16H2,1-2H3,(H,27,28). The number of carbonyl (C=O) groups is 1. The van der Waals surface area contributed by atoms with Crippen molar-refractivity contribution in [1.29, 1.82) is 0 Å². The van der Waals surface area contributed by atoms with E-state index in [0.29, 0.717) is 12.2 Å². The van der Waals surface area contributed by atoms with E-state index in [9.17, 15) is 4.79 Å². The number of nitrogens with one attached hydrogen (secondary N) is 1. The van der Waals surface area contributed by atoms with E-state index in [-0.39, 0.29) is 11.9 Å². The molecule has 1 amide bonds. The van der Waals surface area contributed by atoms with Crippen LogP contribution < -0.4 is 4.74 Å². The Labute approximate surface area is 181 Å². The Morgan fingerprint density at radius 3 is 2.35 bits per heavy atom. The van der Waals surface area contributed by atoms with E-state index < -0.39 is 0 Å². The van der Waals surface area contributed by atoms with E-state index in [1.807, 2.05) is 59.5 Å². The van der Waals surface area contributed by atoms with E-state index in [1.165, 1.54) is 5.56 Å². The molecular weight excluding hydrogens is 386 g/mol. The number of aromatic amines is 1. The van der Waals surface area contributed by atoms with Gasteiger partial charge < -0.3 is 9.64 Å². The summed E-state index contributed by atoms with van der Waals surface area (Å²) in [6.45, 7) is 2.58. The molecule has 5 heteroatoms. The Morgan fingerprint density at radius 1 is 0.968 bits per heavy atom. The van der Waals surface area contributed by atoms with Crippen molar-refractivity contribution < 1.29 is 9.53 Å². The minimum absolute atomic E-state index is 0.0365. The average Bonchev–Trinajstić information content (AvgIpc) is 3.35. The molecule has 3 aromatic carbocycles. The van der Waals surface area contributed by atoms with Crippen LogP contribution in [0.1, 0.15) is 38.8 Å². The van der Waals surface area contributed by atoms with Gasteiger partial charge in [-0.3, -0.25) is 9.89 Å². The van der Waals surface area contributed by atoms with Crippen LogP contribution in [0.4, 0.5) is 0 Å². The summed E-state index contributed by atoms with van der Waals surface area (Å²) in [5, 5.41) is 7.56. The number of methoxy groups -OCH3 is 1. The highest BCUT2D eigenvalue weighted by atomic mass is 16.5. The molecule has 5 nitrogen and oxygen atoms in total. The van der Waals surface area contributed by atoms with Gasteiger partial charge in [0.1, 0.15) is 11.4 Å². The van der Waals surface area contributed by atoms with E-state index in [0.717, 1.165) is 33.7 Å². The molecule has 0 spiro atoms. The fourth-order valence-electron chi connectivity index (χ4n) is 4.20. The minimum atomic E-state index is -0.233. The molecule has 0 radical (unpaired) electrons. The number of carbonyl (C=O) groups excluding carboxylic acids is 1. The summed E-state index contributed by atoms with van der Waals surface area (Å²) in [5.41, 5.74) is 6.60. The lowest BCUT2D eigenvalue weighted by molar-refractivity contribution is 0.0730. The summed E-state index contributed by atoms with van der Waals surface area (Å²) in [6.07, 6.45) is 0. The minimum Gasteiger partial charge on any atom is -0.497 e. The van der Waals surface area contributed by atoms with E-state index in [1.54, 1.807) is 7.11 Å². The molecule has 31 heavy (non-hydrogen) atoms. The first-order valence-electron chi connectivity index (χ1n) is 10.3. The summed E-state index contributed by atoms with van der Waals surface area (Å²) in [7, 11) is 1.65. The average molecular weight is 409 g/mol. The topological polar surface area (TPSA) is 58.2 Å². The number of H-pyrrole nitrogens is 1. The normalized spacial score (nSPS) is 15.2. The third kappa shape index (κ3) is 3.38. The summed E-state index contributed by atoms with van der Waals surface area (Å²) in [4.78, 5) is 15.4. The van der Waals surface area contributed by atoms with Gasteiger partial charge in [0, 0.05) is 17.7 Å². The largest absolute Gasteiger partial charge is 0.497 e. The SMILES string of the molecule is COc1ccc(C2c3c(-c4ccc(C)cc4)n[nH]c3C(=O)N2Cc2ccccc2)cc1. The van der Waals surface area contributed by atoms with Gasteiger partial charge in [-0.05, 0) is 30.2 Å². The van der Waals surface area contributed by atoms with Crippen LogP contribution >= 0.6 is 0 Å². The van der Waals surface area contributed by atoms with Crippen LogP contribution in [0.2, 0.25) is 0 Å². The van der Waals surface area contributed by atoms with Gasteiger partial charge in [-0.1, -0.05) is 72.3 Å². The maximum atomic E-state index is 13.4. The molecule has 1 aliphatic rings. The number of aromatic nitrogens is 2. The summed E-state index contributed by atoms with van der Waals surface area (Å²) in [6, 6.07) is 26.0. The van der Waals surface area contributed by atoms with Crippen molar-refractivity contribution in [3.05, 3.63) is 107 Å². The van der Waals surface area contributed by atoms with Crippen molar-refractivity contribution in [3.8, 4) is 17.0 Å². The van der Waals surface area contributed by atoms with E-state index in [2.05, 4.69) is 41.4 Å². The second-order valence-electron chi connectivity index (χ2n) is 7.82. The van der Waals surface area contributed by atoms with Crippen molar-refractivity contribution in [2.75, 3.05) is 7.11 Å². The number of ether oxygens (including phenoxy) is 1. The van der Waals surface area contributed by atoms with E-state index in [4.69, 9.17) is 4.74 Å². The fraction of sp³-hybridized carbons (Fsp3) is 0.154. The quantitative estimate of drug-likeness (QED) is 0.497. The first-order chi connectivity index (χ1) is 15.2. The maximum Gasteiger partial charge on any atom is 0.273 e. The molecule has 2 heterocycles. The molecule has 4 aromatic rings. The zero-order valence-electron chi connectivity index (χ0n) is 17.5. The molecule has 0 aliphatic carbocycles. The number of hydrogen-bond donors (Lipinski definition) is 1. The van der Waals surface area contributed by atoms with Crippen molar-refractivity contribution in [3.63, 3.8) is 0 Å². The van der Waals surface area contributed by atoms with Gasteiger partial charge >= 0.3 is 0 Å². The fourth-order valence-corrected chi connectivity index (χ4v) is 4.20. The molecule has 1 atom stereocenters. The number of benzene rings is 3. The van der Waals surface area contributed by atoms with Gasteiger partial charge in [0.05, 0.1) is 18.8 Å². The van der Waals surface area contributed by atoms with Gasteiger partial charge in [0.2, 0.25) is 0 Å². The Hall–Kier alpha value is -3.86.